The minimum absolute atomic E-state index is 0.192. The molecule has 0 heterocycles. The van der Waals surface area contributed by atoms with Gasteiger partial charge in [-0.1, -0.05) is 13.8 Å². The number of rotatable bonds is 7. The number of hydrogen-bond donors (Lipinski definition) is 1. The molecule has 0 amide bonds. The van der Waals surface area contributed by atoms with Crippen LogP contribution in [0, 0.1) is 5.92 Å². The van der Waals surface area contributed by atoms with Crippen molar-refractivity contribution in [2.24, 2.45) is 5.92 Å². The van der Waals surface area contributed by atoms with E-state index in [1.165, 1.54) is 19.2 Å². The SMILES string of the molecule is CC(C)COc1ccc(S(=O)(=O)N(C)C(C)CO)cc1. The van der Waals surface area contributed by atoms with E-state index in [2.05, 4.69) is 0 Å². The van der Waals surface area contributed by atoms with Crippen LogP contribution in [0.4, 0.5) is 0 Å². The normalized spacial score (nSPS) is 13.8. The summed E-state index contributed by atoms with van der Waals surface area (Å²) in [4.78, 5) is 0.192. The highest BCUT2D eigenvalue weighted by atomic mass is 32.2. The van der Waals surface area contributed by atoms with E-state index in [1.807, 2.05) is 13.8 Å². The first kappa shape index (κ1) is 16.9. The van der Waals surface area contributed by atoms with Crippen molar-refractivity contribution >= 4 is 10.0 Å². The van der Waals surface area contributed by atoms with Gasteiger partial charge in [0.2, 0.25) is 10.0 Å². The quantitative estimate of drug-likeness (QED) is 0.833. The number of aliphatic hydroxyl groups excluding tert-OH is 1. The largest absolute Gasteiger partial charge is 0.493 e. The van der Waals surface area contributed by atoms with Gasteiger partial charge in [0.05, 0.1) is 18.1 Å². The molecule has 1 atom stereocenters. The van der Waals surface area contributed by atoms with Gasteiger partial charge < -0.3 is 9.84 Å². The lowest BCUT2D eigenvalue weighted by Crippen LogP contribution is -2.37. The van der Waals surface area contributed by atoms with Crippen LogP contribution in [0.5, 0.6) is 5.75 Å². The second-order valence-corrected chi connectivity index (χ2v) is 7.23. The molecule has 0 fully saturated rings. The van der Waals surface area contributed by atoms with Crippen molar-refractivity contribution in [1.82, 2.24) is 4.31 Å². The molecule has 0 radical (unpaired) electrons. The van der Waals surface area contributed by atoms with Gasteiger partial charge in [-0.2, -0.15) is 4.31 Å². The molecule has 1 unspecified atom stereocenters. The Balaban J connectivity index is 2.87. The van der Waals surface area contributed by atoms with Crippen LogP contribution < -0.4 is 4.74 Å². The van der Waals surface area contributed by atoms with Gasteiger partial charge in [0.1, 0.15) is 5.75 Å². The van der Waals surface area contributed by atoms with Crippen molar-refractivity contribution in [2.75, 3.05) is 20.3 Å². The number of likely N-dealkylation sites (N-methyl/N-ethyl adjacent to an activating group) is 1. The molecule has 0 spiro atoms. The topological polar surface area (TPSA) is 66.8 Å². The second kappa shape index (κ2) is 7.06. The molecule has 1 rings (SSSR count). The Morgan fingerprint density at radius 1 is 1.20 bits per heavy atom. The van der Waals surface area contributed by atoms with Crippen molar-refractivity contribution < 1.29 is 18.3 Å². The summed E-state index contributed by atoms with van der Waals surface area (Å²) in [5.41, 5.74) is 0. The Labute approximate surface area is 121 Å². The number of sulfonamides is 1. The third kappa shape index (κ3) is 4.19. The third-order valence-electron chi connectivity index (χ3n) is 2.97. The summed E-state index contributed by atoms with van der Waals surface area (Å²) in [7, 11) is -2.12. The van der Waals surface area contributed by atoms with Crippen molar-refractivity contribution in [1.29, 1.82) is 0 Å². The van der Waals surface area contributed by atoms with Crippen molar-refractivity contribution in [2.45, 2.75) is 31.7 Å². The first-order valence-electron chi connectivity index (χ1n) is 6.60. The van der Waals surface area contributed by atoms with Gasteiger partial charge in [-0.3, -0.25) is 0 Å². The van der Waals surface area contributed by atoms with Crippen LogP contribution >= 0.6 is 0 Å². The minimum atomic E-state index is -3.58. The van der Waals surface area contributed by atoms with Gasteiger partial charge in [-0.15, -0.1) is 0 Å². The van der Waals surface area contributed by atoms with E-state index in [0.717, 1.165) is 4.31 Å². The molecule has 114 valence electrons. The van der Waals surface area contributed by atoms with Gasteiger partial charge in [-0.05, 0) is 37.1 Å². The summed E-state index contributed by atoms with van der Waals surface area (Å²) < 4.78 is 31.2. The third-order valence-corrected chi connectivity index (χ3v) is 4.96. The van der Waals surface area contributed by atoms with E-state index in [-0.39, 0.29) is 11.5 Å². The maximum Gasteiger partial charge on any atom is 0.243 e. The summed E-state index contributed by atoms with van der Waals surface area (Å²) in [5.74, 6) is 1.06. The predicted molar refractivity (Wildman–Crippen MR) is 78.3 cm³/mol. The standard InChI is InChI=1S/C14H23NO4S/c1-11(2)10-19-13-5-7-14(8-6-13)20(17,18)15(4)12(3)9-16/h5-8,11-12,16H,9-10H2,1-4H3. The molecule has 5 nitrogen and oxygen atoms in total. The van der Waals surface area contributed by atoms with Crippen LogP contribution in [0.3, 0.4) is 0 Å². The molecule has 20 heavy (non-hydrogen) atoms. The zero-order chi connectivity index (χ0) is 15.3. The minimum Gasteiger partial charge on any atom is -0.493 e. The molecule has 0 aliphatic carbocycles. The molecule has 6 heteroatoms. The van der Waals surface area contributed by atoms with Crippen molar-refractivity contribution in [3.05, 3.63) is 24.3 Å². The van der Waals surface area contributed by atoms with Gasteiger partial charge in [0, 0.05) is 13.1 Å². The van der Waals surface area contributed by atoms with Gasteiger partial charge in [0.25, 0.3) is 0 Å². The Morgan fingerprint density at radius 3 is 2.20 bits per heavy atom. The Bertz CT molecular complexity index is 510. The Morgan fingerprint density at radius 2 is 1.75 bits per heavy atom. The molecular formula is C14H23NO4S. The molecule has 1 aromatic carbocycles. The molecule has 0 saturated heterocycles. The van der Waals surface area contributed by atoms with Crippen LogP contribution in [-0.4, -0.2) is 44.1 Å². The smallest absolute Gasteiger partial charge is 0.243 e. The average Bonchev–Trinajstić information content (AvgIpc) is 2.43. The summed E-state index contributed by atoms with van der Waals surface area (Å²) in [6.45, 7) is 6.12. The maximum absolute atomic E-state index is 12.3. The highest BCUT2D eigenvalue weighted by Crippen LogP contribution is 2.20. The highest BCUT2D eigenvalue weighted by molar-refractivity contribution is 7.89. The first-order valence-corrected chi connectivity index (χ1v) is 8.04. The van der Waals surface area contributed by atoms with Crippen LogP contribution in [0.25, 0.3) is 0 Å². The average molecular weight is 301 g/mol. The molecule has 0 aliphatic heterocycles. The molecule has 1 aromatic rings. The lowest BCUT2D eigenvalue weighted by Gasteiger charge is -2.22. The molecule has 1 N–H and O–H groups in total. The molecule has 0 aliphatic rings. The number of aliphatic hydroxyl groups is 1. The summed E-state index contributed by atoms with van der Waals surface area (Å²) in [6.07, 6.45) is 0. The summed E-state index contributed by atoms with van der Waals surface area (Å²) >= 11 is 0. The van der Waals surface area contributed by atoms with E-state index >= 15 is 0 Å². The first-order chi connectivity index (χ1) is 9.28. The van der Waals surface area contributed by atoms with E-state index in [4.69, 9.17) is 9.84 Å². The lowest BCUT2D eigenvalue weighted by atomic mass is 10.2. The lowest BCUT2D eigenvalue weighted by molar-refractivity contribution is 0.214. The van der Waals surface area contributed by atoms with E-state index in [0.29, 0.717) is 18.3 Å². The van der Waals surface area contributed by atoms with Crippen molar-refractivity contribution in [3.8, 4) is 5.75 Å². The highest BCUT2D eigenvalue weighted by Gasteiger charge is 2.24. The number of benzene rings is 1. The van der Waals surface area contributed by atoms with E-state index < -0.39 is 16.1 Å². The molecule has 0 saturated carbocycles. The summed E-state index contributed by atoms with van der Waals surface area (Å²) in [5, 5.41) is 9.06. The fraction of sp³-hybridized carbons (Fsp3) is 0.571. The second-order valence-electron chi connectivity index (χ2n) is 5.23. The Kier molecular flexibility index (Phi) is 5.98. The zero-order valence-electron chi connectivity index (χ0n) is 12.4. The van der Waals surface area contributed by atoms with Crippen LogP contribution in [0.2, 0.25) is 0 Å². The number of hydrogen-bond acceptors (Lipinski definition) is 4. The van der Waals surface area contributed by atoms with Crippen LogP contribution in [0.1, 0.15) is 20.8 Å². The van der Waals surface area contributed by atoms with Gasteiger partial charge >= 0.3 is 0 Å². The molecular weight excluding hydrogens is 278 g/mol. The summed E-state index contributed by atoms with van der Waals surface area (Å²) in [6, 6.07) is 5.87. The Hall–Kier alpha value is -1.11. The predicted octanol–water partition coefficient (Wildman–Crippen LogP) is 1.72. The zero-order valence-corrected chi connectivity index (χ0v) is 13.2. The van der Waals surface area contributed by atoms with Crippen LogP contribution in [-0.2, 0) is 10.0 Å². The monoisotopic (exact) mass is 301 g/mol. The van der Waals surface area contributed by atoms with Crippen LogP contribution in [0.15, 0.2) is 29.2 Å². The van der Waals surface area contributed by atoms with Gasteiger partial charge in [0.15, 0.2) is 0 Å². The fourth-order valence-electron chi connectivity index (χ4n) is 1.49. The fourth-order valence-corrected chi connectivity index (χ4v) is 2.84. The number of nitrogens with zero attached hydrogens (tertiary/aromatic N) is 1. The number of ether oxygens (including phenoxy) is 1. The van der Waals surface area contributed by atoms with Crippen molar-refractivity contribution in [3.63, 3.8) is 0 Å². The van der Waals surface area contributed by atoms with E-state index in [1.54, 1.807) is 19.1 Å². The molecule has 0 bridgehead atoms. The molecule has 0 aromatic heterocycles. The van der Waals surface area contributed by atoms with E-state index in [9.17, 15) is 8.42 Å². The van der Waals surface area contributed by atoms with Gasteiger partial charge in [-0.25, -0.2) is 8.42 Å². The maximum atomic E-state index is 12.3.